The van der Waals surface area contributed by atoms with Gasteiger partial charge in [0, 0.05) is 12.2 Å². The molecule has 0 spiro atoms. The zero-order chi connectivity index (χ0) is 7.56. The molecule has 0 fully saturated rings. The highest BCUT2D eigenvalue weighted by molar-refractivity contribution is 5.69. The fraction of sp³-hybridized carbons (Fsp3) is 0.250. The molecule has 0 aromatic carbocycles. The van der Waals surface area contributed by atoms with E-state index in [-0.39, 0.29) is 11.8 Å². The summed E-state index contributed by atoms with van der Waals surface area (Å²) in [4.78, 5) is 10.3. The van der Waals surface area contributed by atoms with Crippen LogP contribution in [-0.2, 0) is 4.79 Å². The van der Waals surface area contributed by atoms with Crippen molar-refractivity contribution >= 4 is 11.9 Å². The van der Waals surface area contributed by atoms with Gasteiger partial charge in [0.15, 0.2) is 0 Å². The zero-order valence-corrected chi connectivity index (χ0v) is 5.20. The van der Waals surface area contributed by atoms with E-state index in [4.69, 9.17) is 5.73 Å². The molecule has 0 aliphatic rings. The van der Waals surface area contributed by atoms with Gasteiger partial charge in [-0.3, -0.25) is 4.79 Å². The molecular formula is C4H5N3O3. The second kappa shape index (κ2) is 2.34. The molecule has 1 heterocycles. The van der Waals surface area contributed by atoms with Crippen LogP contribution in [0, 0.1) is 0 Å². The number of rotatable bonds is 1. The lowest BCUT2D eigenvalue weighted by Gasteiger charge is -1.91. The van der Waals surface area contributed by atoms with E-state index in [1.54, 1.807) is 0 Å². The van der Waals surface area contributed by atoms with E-state index in [0.29, 0.717) is 0 Å². The summed E-state index contributed by atoms with van der Waals surface area (Å²) in [5.41, 5.74) is 5.12. The molecule has 0 aliphatic carbocycles. The summed E-state index contributed by atoms with van der Waals surface area (Å²) >= 11 is 0. The molecule has 0 radical (unpaired) electrons. The number of hydrogen-bond donors (Lipinski definition) is 1. The van der Waals surface area contributed by atoms with Gasteiger partial charge in [0.25, 0.3) is 5.88 Å². The number of nitrogens with two attached hydrogens (primary N) is 1. The number of carbonyl (C=O) groups excluding carboxylic acids is 1. The molecule has 1 rings (SSSR count). The lowest BCUT2D eigenvalue weighted by atomic mass is 10.7. The van der Waals surface area contributed by atoms with Gasteiger partial charge in [0.2, 0.25) is 0 Å². The zero-order valence-electron chi connectivity index (χ0n) is 5.20. The molecule has 0 unspecified atom stereocenters. The Hall–Kier alpha value is -1.59. The van der Waals surface area contributed by atoms with Gasteiger partial charge >= 0.3 is 11.8 Å². The highest BCUT2D eigenvalue weighted by Gasteiger charge is 2.08. The van der Waals surface area contributed by atoms with Crippen LogP contribution in [0.25, 0.3) is 0 Å². The largest absolute Gasteiger partial charge is 0.401 e. The van der Waals surface area contributed by atoms with Crippen LogP contribution in [0.3, 0.4) is 0 Å². The Morgan fingerprint density at radius 3 is 2.90 bits per heavy atom. The predicted molar refractivity (Wildman–Crippen MR) is 30.0 cm³/mol. The van der Waals surface area contributed by atoms with Gasteiger partial charge in [-0.05, 0) is 0 Å². The van der Waals surface area contributed by atoms with Gasteiger partial charge in [0.05, 0.1) is 0 Å². The number of nitrogen functional groups attached to an aromatic ring is 1. The molecule has 0 amide bonds. The maximum Gasteiger partial charge on any atom is 0.309 e. The molecule has 10 heavy (non-hydrogen) atoms. The van der Waals surface area contributed by atoms with E-state index >= 15 is 0 Å². The van der Waals surface area contributed by atoms with Crippen LogP contribution >= 0.6 is 0 Å². The first-order valence-corrected chi connectivity index (χ1v) is 2.46. The average molecular weight is 143 g/mol. The first-order valence-electron chi connectivity index (χ1n) is 2.46. The number of ether oxygens (including phenoxy) is 1. The Labute approximate surface area is 55.9 Å². The van der Waals surface area contributed by atoms with Crippen molar-refractivity contribution in [3.63, 3.8) is 0 Å². The topological polar surface area (TPSA) is 91.2 Å². The summed E-state index contributed by atoms with van der Waals surface area (Å²) < 4.78 is 8.76. The van der Waals surface area contributed by atoms with Crippen LogP contribution in [0.1, 0.15) is 6.92 Å². The molecule has 1 aromatic rings. The second-order valence-corrected chi connectivity index (χ2v) is 1.54. The second-order valence-electron chi connectivity index (χ2n) is 1.54. The highest BCUT2D eigenvalue weighted by atomic mass is 16.6. The number of carbonyl (C=O) groups is 1. The minimum absolute atomic E-state index is 0.0903. The maximum atomic E-state index is 10.3. The van der Waals surface area contributed by atoms with E-state index in [9.17, 15) is 4.79 Å². The van der Waals surface area contributed by atoms with Crippen molar-refractivity contribution in [3.8, 4) is 5.88 Å². The van der Waals surface area contributed by atoms with E-state index in [1.165, 1.54) is 6.92 Å². The molecule has 0 bridgehead atoms. The summed E-state index contributed by atoms with van der Waals surface area (Å²) in [6.45, 7) is 1.23. The average Bonchev–Trinajstić information content (AvgIpc) is 2.15. The van der Waals surface area contributed by atoms with E-state index in [0.717, 1.165) is 0 Å². The van der Waals surface area contributed by atoms with Crippen molar-refractivity contribution < 1.29 is 14.1 Å². The Morgan fingerprint density at radius 2 is 2.50 bits per heavy atom. The Bertz CT molecular complexity index is 244. The number of hydrogen-bond acceptors (Lipinski definition) is 6. The van der Waals surface area contributed by atoms with Crippen molar-refractivity contribution in [2.24, 2.45) is 0 Å². The number of esters is 1. The van der Waals surface area contributed by atoms with Crippen LogP contribution in [0.4, 0.5) is 5.88 Å². The molecule has 54 valence electrons. The third kappa shape index (κ3) is 1.22. The summed E-state index contributed by atoms with van der Waals surface area (Å²) in [5.74, 6) is -0.704. The maximum absolute atomic E-state index is 10.3. The molecule has 6 nitrogen and oxygen atoms in total. The van der Waals surface area contributed by atoms with Crippen LogP contribution in [-0.4, -0.2) is 16.3 Å². The van der Waals surface area contributed by atoms with Crippen molar-refractivity contribution in [1.29, 1.82) is 0 Å². The van der Waals surface area contributed by atoms with Gasteiger partial charge in [-0.2, -0.15) is 0 Å². The molecule has 1 aromatic heterocycles. The van der Waals surface area contributed by atoms with Gasteiger partial charge in [-0.25, -0.2) is 0 Å². The van der Waals surface area contributed by atoms with Gasteiger partial charge in [-0.1, -0.05) is 5.10 Å². The number of nitrogens with zero attached hydrogens (tertiary/aromatic N) is 2. The Morgan fingerprint density at radius 1 is 1.80 bits per heavy atom. The predicted octanol–water partition coefficient (Wildman–Crippen LogP) is -0.423. The summed E-state index contributed by atoms with van der Waals surface area (Å²) in [6.07, 6.45) is 0. The molecular weight excluding hydrogens is 138 g/mol. The molecule has 2 N–H and O–H groups in total. The minimum atomic E-state index is -0.512. The van der Waals surface area contributed by atoms with Crippen molar-refractivity contribution in [2.75, 3.05) is 5.73 Å². The molecule has 0 saturated carbocycles. The Balaban J connectivity index is 2.74. The first-order chi connectivity index (χ1) is 4.70. The third-order valence-electron chi connectivity index (χ3n) is 0.722. The van der Waals surface area contributed by atoms with E-state index in [2.05, 4.69) is 19.6 Å². The Kier molecular flexibility index (Phi) is 1.53. The smallest absolute Gasteiger partial charge is 0.309 e. The standard InChI is InChI=1S/C4H5N3O3/c1-2(8)9-4-3(5)10-7-6-4/h5H2,1H3. The lowest BCUT2D eigenvalue weighted by molar-refractivity contribution is -0.132. The molecule has 0 saturated heterocycles. The van der Waals surface area contributed by atoms with Crippen LogP contribution < -0.4 is 10.5 Å². The number of aromatic nitrogens is 2. The van der Waals surface area contributed by atoms with Crippen molar-refractivity contribution in [2.45, 2.75) is 6.92 Å². The normalized spacial score (nSPS) is 9.30. The monoisotopic (exact) mass is 143 g/mol. The van der Waals surface area contributed by atoms with Gasteiger partial charge in [0.1, 0.15) is 0 Å². The summed E-state index contributed by atoms with van der Waals surface area (Å²) in [5, 5.41) is 6.32. The molecule has 6 heteroatoms. The summed E-state index contributed by atoms with van der Waals surface area (Å²) in [6, 6.07) is 0. The van der Waals surface area contributed by atoms with E-state index in [1.807, 2.05) is 0 Å². The fourth-order valence-electron chi connectivity index (χ4n) is 0.397. The first kappa shape index (κ1) is 6.53. The van der Waals surface area contributed by atoms with Crippen LogP contribution in [0.2, 0.25) is 0 Å². The molecule has 0 atom stereocenters. The highest BCUT2D eigenvalue weighted by Crippen LogP contribution is 2.14. The van der Waals surface area contributed by atoms with Crippen molar-refractivity contribution in [3.05, 3.63) is 0 Å². The lowest BCUT2D eigenvalue weighted by Crippen LogP contribution is -2.03. The van der Waals surface area contributed by atoms with E-state index < -0.39 is 5.97 Å². The number of anilines is 1. The van der Waals surface area contributed by atoms with Crippen LogP contribution in [0.5, 0.6) is 5.88 Å². The third-order valence-corrected chi connectivity index (χ3v) is 0.722. The SMILES string of the molecule is CC(=O)Oc1nnoc1N. The van der Waals surface area contributed by atoms with Gasteiger partial charge < -0.3 is 15.0 Å². The quantitative estimate of drug-likeness (QED) is 0.536. The fourth-order valence-corrected chi connectivity index (χ4v) is 0.397. The van der Waals surface area contributed by atoms with Crippen LogP contribution in [0.15, 0.2) is 4.52 Å². The van der Waals surface area contributed by atoms with Gasteiger partial charge in [-0.15, -0.1) is 0 Å². The molecule has 0 aliphatic heterocycles. The van der Waals surface area contributed by atoms with Crippen molar-refractivity contribution in [1.82, 2.24) is 10.4 Å². The minimum Gasteiger partial charge on any atom is -0.401 e. The summed E-state index contributed by atoms with van der Waals surface area (Å²) in [7, 11) is 0.